The molecule has 98 valence electrons. The molecule has 1 aromatic rings. The lowest BCUT2D eigenvalue weighted by atomic mass is 10.1. The third-order valence-electron chi connectivity index (χ3n) is 3.55. The lowest BCUT2D eigenvalue weighted by molar-refractivity contribution is -0.135. The van der Waals surface area contributed by atoms with Crippen LogP contribution in [-0.2, 0) is 11.3 Å². The monoisotopic (exact) mass is 248 g/mol. The highest BCUT2D eigenvalue weighted by atomic mass is 16.2. The summed E-state index contributed by atoms with van der Waals surface area (Å²) in [6, 6.07) is 2.07. The van der Waals surface area contributed by atoms with Crippen molar-refractivity contribution in [2.24, 2.45) is 0 Å². The quantitative estimate of drug-likeness (QED) is 0.866. The van der Waals surface area contributed by atoms with Crippen molar-refractivity contribution in [1.82, 2.24) is 20.2 Å². The van der Waals surface area contributed by atoms with Crippen LogP contribution >= 0.6 is 0 Å². The van der Waals surface area contributed by atoms with Gasteiger partial charge in [0.15, 0.2) is 0 Å². The van der Waals surface area contributed by atoms with Gasteiger partial charge >= 0.3 is 0 Å². The standard InChI is InChI=1S/C13H20N4O/c1-10-4-3-5-12(14-2)13(18)17(10)8-11-6-7-15-9-16-11/h6-7,9-10,12,14H,3-5,8H2,1-2H3. The first-order valence-corrected chi connectivity index (χ1v) is 6.45. The first-order valence-electron chi connectivity index (χ1n) is 6.45. The van der Waals surface area contributed by atoms with Crippen molar-refractivity contribution in [3.05, 3.63) is 24.3 Å². The molecular weight excluding hydrogens is 228 g/mol. The Morgan fingerprint density at radius 2 is 2.33 bits per heavy atom. The molecule has 5 heteroatoms. The fourth-order valence-electron chi connectivity index (χ4n) is 2.40. The van der Waals surface area contributed by atoms with Crippen LogP contribution in [0.3, 0.4) is 0 Å². The fraction of sp³-hybridized carbons (Fsp3) is 0.615. The van der Waals surface area contributed by atoms with Gasteiger partial charge in [0, 0.05) is 12.2 Å². The summed E-state index contributed by atoms with van der Waals surface area (Å²) >= 11 is 0. The lowest BCUT2D eigenvalue weighted by Gasteiger charge is -2.29. The number of nitrogens with zero attached hydrogens (tertiary/aromatic N) is 3. The van der Waals surface area contributed by atoms with E-state index in [1.165, 1.54) is 6.33 Å². The molecule has 1 amide bonds. The number of aromatic nitrogens is 2. The molecule has 0 bridgehead atoms. The third-order valence-corrected chi connectivity index (χ3v) is 3.55. The number of nitrogens with one attached hydrogen (secondary N) is 1. The van der Waals surface area contributed by atoms with Gasteiger partial charge in [0.25, 0.3) is 0 Å². The molecule has 1 aliphatic rings. The molecule has 2 unspecified atom stereocenters. The van der Waals surface area contributed by atoms with Crippen LogP contribution in [0.25, 0.3) is 0 Å². The van der Waals surface area contributed by atoms with Crippen molar-refractivity contribution in [2.75, 3.05) is 7.05 Å². The summed E-state index contributed by atoms with van der Waals surface area (Å²) in [5, 5.41) is 3.11. The first kappa shape index (κ1) is 13.0. The topological polar surface area (TPSA) is 58.1 Å². The predicted molar refractivity (Wildman–Crippen MR) is 68.7 cm³/mol. The molecule has 2 rings (SSSR count). The average molecular weight is 248 g/mol. The highest BCUT2D eigenvalue weighted by molar-refractivity contribution is 5.82. The molecule has 0 radical (unpaired) electrons. The number of carbonyl (C=O) groups excluding carboxylic acids is 1. The molecule has 1 saturated heterocycles. The number of likely N-dealkylation sites (tertiary alicyclic amines) is 1. The molecule has 0 spiro atoms. The Balaban J connectivity index is 2.14. The molecular formula is C13H20N4O. The average Bonchev–Trinajstić information content (AvgIpc) is 2.53. The number of hydrogen-bond acceptors (Lipinski definition) is 4. The molecule has 0 aliphatic carbocycles. The smallest absolute Gasteiger partial charge is 0.240 e. The molecule has 5 nitrogen and oxygen atoms in total. The maximum atomic E-state index is 12.4. The SMILES string of the molecule is CNC1CCCC(C)N(Cc2ccncn2)C1=O. The maximum absolute atomic E-state index is 12.4. The second-order valence-corrected chi connectivity index (χ2v) is 4.79. The summed E-state index contributed by atoms with van der Waals surface area (Å²) in [5.74, 6) is 0.182. The van der Waals surface area contributed by atoms with E-state index in [0.29, 0.717) is 6.54 Å². The summed E-state index contributed by atoms with van der Waals surface area (Å²) in [4.78, 5) is 22.4. The van der Waals surface area contributed by atoms with Crippen molar-refractivity contribution >= 4 is 5.91 Å². The molecule has 18 heavy (non-hydrogen) atoms. The van der Waals surface area contributed by atoms with Crippen LogP contribution in [0.5, 0.6) is 0 Å². The Kier molecular flexibility index (Phi) is 4.25. The van der Waals surface area contributed by atoms with E-state index in [1.54, 1.807) is 6.20 Å². The van der Waals surface area contributed by atoms with E-state index in [2.05, 4.69) is 22.2 Å². The molecule has 1 N–H and O–H groups in total. The Morgan fingerprint density at radius 1 is 1.50 bits per heavy atom. The molecule has 1 aliphatic heterocycles. The minimum atomic E-state index is -0.0585. The third kappa shape index (κ3) is 2.85. The summed E-state index contributed by atoms with van der Waals surface area (Å²) in [5.41, 5.74) is 0.891. The van der Waals surface area contributed by atoms with Crippen LogP contribution in [0, 0.1) is 0 Å². The number of amides is 1. The van der Waals surface area contributed by atoms with E-state index in [9.17, 15) is 4.79 Å². The van der Waals surface area contributed by atoms with Crippen molar-refractivity contribution < 1.29 is 4.79 Å². The summed E-state index contributed by atoms with van der Waals surface area (Å²) in [6.45, 7) is 2.68. The van der Waals surface area contributed by atoms with Gasteiger partial charge in [-0.15, -0.1) is 0 Å². The Bertz CT molecular complexity index is 395. The summed E-state index contributed by atoms with van der Waals surface area (Å²) in [6.07, 6.45) is 6.29. The van der Waals surface area contributed by atoms with Gasteiger partial charge in [-0.2, -0.15) is 0 Å². The minimum Gasteiger partial charge on any atom is -0.333 e. The van der Waals surface area contributed by atoms with Gasteiger partial charge in [-0.05, 0) is 39.3 Å². The molecule has 1 fully saturated rings. The van der Waals surface area contributed by atoms with Crippen molar-refractivity contribution in [3.8, 4) is 0 Å². The van der Waals surface area contributed by atoms with Crippen LogP contribution < -0.4 is 5.32 Å². The van der Waals surface area contributed by atoms with Crippen molar-refractivity contribution in [1.29, 1.82) is 0 Å². The normalized spacial score (nSPS) is 25.0. The first-order chi connectivity index (χ1) is 8.72. The van der Waals surface area contributed by atoms with Gasteiger partial charge in [-0.1, -0.05) is 0 Å². The molecule has 0 aromatic carbocycles. The number of hydrogen-bond donors (Lipinski definition) is 1. The van der Waals surface area contributed by atoms with E-state index < -0.39 is 0 Å². The van der Waals surface area contributed by atoms with Crippen molar-refractivity contribution in [3.63, 3.8) is 0 Å². The lowest BCUT2D eigenvalue weighted by Crippen LogP contribution is -2.46. The van der Waals surface area contributed by atoms with E-state index in [4.69, 9.17) is 0 Å². The second kappa shape index (κ2) is 5.91. The maximum Gasteiger partial charge on any atom is 0.240 e. The molecule has 2 heterocycles. The van der Waals surface area contributed by atoms with E-state index in [-0.39, 0.29) is 18.0 Å². The van der Waals surface area contributed by atoms with Gasteiger partial charge in [-0.3, -0.25) is 4.79 Å². The van der Waals surface area contributed by atoms with Gasteiger partial charge in [0.2, 0.25) is 5.91 Å². The predicted octanol–water partition coefficient (Wildman–Crippen LogP) is 0.966. The van der Waals surface area contributed by atoms with Gasteiger partial charge < -0.3 is 10.2 Å². The number of carbonyl (C=O) groups is 1. The molecule has 1 aromatic heterocycles. The van der Waals surface area contributed by atoms with E-state index in [1.807, 2.05) is 18.0 Å². The molecule has 2 atom stereocenters. The van der Waals surface area contributed by atoms with Crippen LogP contribution in [0.2, 0.25) is 0 Å². The summed E-state index contributed by atoms with van der Waals surface area (Å²) in [7, 11) is 1.85. The van der Waals surface area contributed by atoms with E-state index >= 15 is 0 Å². The highest BCUT2D eigenvalue weighted by Gasteiger charge is 2.29. The van der Waals surface area contributed by atoms with Crippen LogP contribution in [-0.4, -0.2) is 39.9 Å². The fourth-order valence-corrected chi connectivity index (χ4v) is 2.40. The van der Waals surface area contributed by atoms with E-state index in [0.717, 1.165) is 25.0 Å². The Morgan fingerprint density at radius 3 is 3.00 bits per heavy atom. The highest BCUT2D eigenvalue weighted by Crippen LogP contribution is 2.19. The zero-order valence-electron chi connectivity index (χ0n) is 11.0. The number of rotatable bonds is 3. The van der Waals surface area contributed by atoms with Crippen LogP contribution in [0.4, 0.5) is 0 Å². The van der Waals surface area contributed by atoms with Gasteiger partial charge in [0.1, 0.15) is 6.33 Å². The zero-order valence-corrected chi connectivity index (χ0v) is 11.0. The van der Waals surface area contributed by atoms with Crippen LogP contribution in [0.15, 0.2) is 18.6 Å². The second-order valence-electron chi connectivity index (χ2n) is 4.79. The van der Waals surface area contributed by atoms with Crippen molar-refractivity contribution in [2.45, 2.75) is 44.8 Å². The summed E-state index contributed by atoms with van der Waals surface area (Å²) < 4.78 is 0. The van der Waals surface area contributed by atoms with Gasteiger partial charge in [0.05, 0.1) is 18.3 Å². The molecule has 0 saturated carbocycles. The number of likely N-dealkylation sites (N-methyl/N-ethyl adjacent to an activating group) is 1. The van der Waals surface area contributed by atoms with Gasteiger partial charge in [-0.25, -0.2) is 9.97 Å². The van der Waals surface area contributed by atoms with Crippen LogP contribution in [0.1, 0.15) is 31.9 Å². The zero-order chi connectivity index (χ0) is 13.0. The largest absolute Gasteiger partial charge is 0.333 e. The minimum absolute atomic E-state index is 0.0585. The Labute approximate surface area is 108 Å². The Hall–Kier alpha value is -1.49.